The van der Waals surface area contributed by atoms with Crippen molar-refractivity contribution in [2.75, 3.05) is 32.7 Å². The second-order valence-corrected chi connectivity index (χ2v) is 8.49. The summed E-state index contributed by atoms with van der Waals surface area (Å²) in [7, 11) is 0. The highest BCUT2D eigenvalue weighted by atomic mass is 19.1. The van der Waals surface area contributed by atoms with E-state index in [0.29, 0.717) is 31.5 Å². The number of urea groups is 1. The van der Waals surface area contributed by atoms with Gasteiger partial charge in [-0.3, -0.25) is 19.3 Å². The van der Waals surface area contributed by atoms with Crippen LogP contribution in [0.1, 0.15) is 42.3 Å². The highest BCUT2D eigenvalue weighted by Crippen LogP contribution is 2.34. The molecule has 3 heterocycles. The Balaban J connectivity index is 1.43. The number of nitrogens with zero attached hydrogens (tertiary/aromatic N) is 3. The first kappa shape index (κ1) is 23.5. The number of carbonyl (C=O) groups is 4. The predicted octanol–water partition coefficient (Wildman–Crippen LogP) is 2.34. The molecule has 1 aromatic carbocycles. The van der Waals surface area contributed by atoms with E-state index >= 15 is 0 Å². The molecule has 0 bridgehead atoms. The number of rotatable bonds is 7. The van der Waals surface area contributed by atoms with Crippen LogP contribution in [0.3, 0.4) is 0 Å². The lowest BCUT2D eigenvalue weighted by atomic mass is 9.85. The van der Waals surface area contributed by atoms with Crippen molar-refractivity contribution in [1.29, 1.82) is 0 Å². The third-order valence-electron chi connectivity index (χ3n) is 6.36. The van der Waals surface area contributed by atoms with Crippen LogP contribution in [0.4, 0.5) is 9.18 Å². The van der Waals surface area contributed by atoms with Gasteiger partial charge < -0.3 is 19.5 Å². The number of imide groups is 1. The van der Waals surface area contributed by atoms with Gasteiger partial charge in [-0.2, -0.15) is 0 Å². The molecule has 2 aliphatic heterocycles. The monoisotopic (exact) mass is 470 g/mol. The van der Waals surface area contributed by atoms with E-state index in [9.17, 15) is 23.6 Å². The first-order valence-corrected chi connectivity index (χ1v) is 11.4. The van der Waals surface area contributed by atoms with Crippen molar-refractivity contribution in [2.45, 2.75) is 31.7 Å². The van der Waals surface area contributed by atoms with Crippen molar-refractivity contribution < 1.29 is 28.0 Å². The highest BCUT2D eigenvalue weighted by molar-refractivity contribution is 6.09. The Morgan fingerprint density at radius 3 is 2.35 bits per heavy atom. The van der Waals surface area contributed by atoms with E-state index in [4.69, 9.17) is 4.42 Å². The average Bonchev–Trinajstić information content (AvgIpc) is 3.46. The minimum atomic E-state index is -1.32. The summed E-state index contributed by atoms with van der Waals surface area (Å²) in [5, 5.41) is 2.76. The van der Waals surface area contributed by atoms with Gasteiger partial charge in [0.15, 0.2) is 5.76 Å². The molecule has 1 aromatic heterocycles. The maximum atomic E-state index is 13.5. The van der Waals surface area contributed by atoms with Crippen LogP contribution in [0.25, 0.3) is 0 Å². The van der Waals surface area contributed by atoms with Gasteiger partial charge in [-0.25, -0.2) is 9.18 Å². The van der Waals surface area contributed by atoms with E-state index in [1.807, 2.05) is 6.92 Å². The number of hydrogen-bond acceptors (Lipinski definition) is 5. The Kier molecular flexibility index (Phi) is 6.67. The third-order valence-corrected chi connectivity index (χ3v) is 6.36. The lowest BCUT2D eigenvalue weighted by Gasteiger charge is -2.35. The fourth-order valence-electron chi connectivity index (χ4n) is 4.41. The number of hydrogen-bond donors (Lipinski definition) is 1. The number of carbonyl (C=O) groups excluding carboxylic acids is 4. The van der Waals surface area contributed by atoms with Gasteiger partial charge in [-0.1, -0.05) is 31.9 Å². The Morgan fingerprint density at radius 2 is 1.74 bits per heavy atom. The van der Waals surface area contributed by atoms with Crippen LogP contribution in [-0.4, -0.2) is 71.2 Å². The van der Waals surface area contributed by atoms with Gasteiger partial charge in [-0.05, 0) is 36.2 Å². The zero-order valence-corrected chi connectivity index (χ0v) is 19.0. The molecular formula is C24H27FN4O5. The van der Waals surface area contributed by atoms with Crippen LogP contribution in [0.5, 0.6) is 0 Å². The van der Waals surface area contributed by atoms with Crippen molar-refractivity contribution in [1.82, 2.24) is 20.0 Å². The Morgan fingerprint density at radius 1 is 1.06 bits per heavy atom. The maximum Gasteiger partial charge on any atom is 0.325 e. The molecule has 10 heteroatoms. The summed E-state index contributed by atoms with van der Waals surface area (Å²) in [5.41, 5.74) is -0.837. The van der Waals surface area contributed by atoms with E-state index in [1.54, 1.807) is 17.0 Å². The van der Waals surface area contributed by atoms with E-state index in [-0.39, 0.29) is 30.7 Å². The number of piperazine rings is 1. The maximum absolute atomic E-state index is 13.5. The summed E-state index contributed by atoms with van der Waals surface area (Å²) < 4.78 is 18.6. The summed E-state index contributed by atoms with van der Waals surface area (Å²) in [6.07, 6.45) is 3.23. The zero-order valence-electron chi connectivity index (χ0n) is 19.0. The van der Waals surface area contributed by atoms with Gasteiger partial charge in [0, 0.05) is 26.2 Å². The van der Waals surface area contributed by atoms with Crippen LogP contribution in [0.15, 0.2) is 47.1 Å². The molecule has 0 spiro atoms. The van der Waals surface area contributed by atoms with Crippen molar-refractivity contribution in [3.05, 3.63) is 59.8 Å². The Hall–Kier alpha value is -3.69. The topological polar surface area (TPSA) is 103 Å². The SMILES string of the molecule is CCCC[C@]1(c2ccc(F)cc2)NC(=O)N(CC(=O)N2CCN(C(=O)c3ccco3)CC2)C1=O. The number of benzene rings is 1. The smallest absolute Gasteiger partial charge is 0.325 e. The van der Waals surface area contributed by atoms with Crippen LogP contribution in [0.2, 0.25) is 0 Å². The third kappa shape index (κ3) is 4.40. The molecule has 34 heavy (non-hydrogen) atoms. The van der Waals surface area contributed by atoms with Crippen LogP contribution >= 0.6 is 0 Å². The fraction of sp³-hybridized carbons (Fsp3) is 0.417. The number of amides is 5. The second kappa shape index (κ2) is 9.66. The van der Waals surface area contributed by atoms with Crippen molar-refractivity contribution in [3.63, 3.8) is 0 Å². The van der Waals surface area contributed by atoms with Crippen LogP contribution < -0.4 is 5.32 Å². The van der Waals surface area contributed by atoms with E-state index in [1.165, 1.54) is 35.4 Å². The molecule has 0 radical (unpaired) electrons. The molecule has 1 atom stereocenters. The number of nitrogens with one attached hydrogen (secondary N) is 1. The minimum Gasteiger partial charge on any atom is -0.459 e. The van der Waals surface area contributed by atoms with E-state index in [0.717, 1.165) is 11.3 Å². The summed E-state index contributed by atoms with van der Waals surface area (Å²) in [5.74, 6) is -1.34. The Bertz CT molecular complexity index is 1060. The molecule has 1 N–H and O–H groups in total. The quantitative estimate of drug-likeness (QED) is 0.626. The molecule has 4 rings (SSSR count). The van der Waals surface area contributed by atoms with E-state index in [2.05, 4.69) is 5.32 Å². The second-order valence-electron chi connectivity index (χ2n) is 8.49. The molecule has 0 saturated carbocycles. The normalized spacial score (nSPS) is 20.6. The lowest BCUT2D eigenvalue weighted by molar-refractivity contribution is -0.140. The summed E-state index contributed by atoms with van der Waals surface area (Å²) in [4.78, 5) is 55.6. The minimum absolute atomic E-state index is 0.239. The van der Waals surface area contributed by atoms with Gasteiger partial charge in [-0.15, -0.1) is 0 Å². The summed E-state index contributed by atoms with van der Waals surface area (Å²) in [6.45, 7) is 2.79. The first-order valence-electron chi connectivity index (χ1n) is 11.4. The van der Waals surface area contributed by atoms with Gasteiger partial charge in [0.25, 0.3) is 11.8 Å². The van der Waals surface area contributed by atoms with Gasteiger partial charge in [0.05, 0.1) is 6.26 Å². The number of halogens is 1. The molecular weight excluding hydrogens is 443 g/mol. The van der Waals surface area contributed by atoms with Crippen molar-refractivity contribution in [3.8, 4) is 0 Å². The molecule has 5 amide bonds. The highest BCUT2D eigenvalue weighted by Gasteiger charge is 2.52. The summed E-state index contributed by atoms with van der Waals surface area (Å²) in [6, 6.07) is 8.05. The molecule has 0 aliphatic carbocycles. The van der Waals surface area contributed by atoms with Crippen LogP contribution in [-0.2, 0) is 15.1 Å². The average molecular weight is 471 g/mol. The van der Waals surface area contributed by atoms with Crippen molar-refractivity contribution in [2.24, 2.45) is 0 Å². The summed E-state index contributed by atoms with van der Waals surface area (Å²) >= 11 is 0. The molecule has 2 aromatic rings. The van der Waals surface area contributed by atoms with Gasteiger partial charge in [0.1, 0.15) is 17.9 Å². The molecule has 2 saturated heterocycles. The fourth-order valence-corrected chi connectivity index (χ4v) is 4.41. The van der Waals surface area contributed by atoms with Crippen LogP contribution in [0, 0.1) is 5.82 Å². The largest absolute Gasteiger partial charge is 0.459 e. The van der Waals surface area contributed by atoms with E-state index < -0.39 is 29.8 Å². The Labute approximate surface area is 196 Å². The molecule has 2 aliphatic rings. The molecule has 2 fully saturated rings. The standard InChI is InChI=1S/C24H27FN4O5/c1-2-3-10-24(17-6-8-18(25)9-7-17)22(32)29(23(33)26-24)16-20(30)27-11-13-28(14-12-27)21(31)19-5-4-15-34-19/h4-9,15H,2-3,10-14,16H2,1H3,(H,26,33)/t24-/m1/s1. The van der Waals surface area contributed by atoms with Crippen molar-refractivity contribution >= 4 is 23.8 Å². The number of furan rings is 1. The van der Waals surface area contributed by atoms with Gasteiger partial charge >= 0.3 is 6.03 Å². The first-order chi connectivity index (χ1) is 16.4. The molecule has 180 valence electrons. The molecule has 0 unspecified atom stereocenters. The lowest BCUT2D eigenvalue weighted by Crippen LogP contribution is -2.53. The molecule has 9 nitrogen and oxygen atoms in total. The zero-order chi connectivity index (χ0) is 24.3. The predicted molar refractivity (Wildman–Crippen MR) is 119 cm³/mol. The van der Waals surface area contributed by atoms with Gasteiger partial charge in [0.2, 0.25) is 5.91 Å². The number of unbranched alkanes of at least 4 members (excludes halogenated alkanes) is 1.